The van der Waals surface area contributed by atoms with Crippen molar-refractivity contribution in [2.45, 2.75) is 38.1 Å². The summed E-state index contributed by atoms with van der Waals surface area (Å²) in [4.78, 5) is 12.6. The molecule has 1 fully saturated rings. The highest BCUT2D eigenvalue weighted by Crippen LogP contribution is 2.27. The Balaban J connectivity index is 1.80. The maximum absolute atomic E-state index is 12.6. The molecule has 2 heterocycles. The molecule has 2 aromatic rings. The molecule has 0 spiro atoms. The molecule has 1 aromatic heterocycles. The second-order valence-electron chi connectivity index (χ2n) is 5.49. The molecule has 1 atom stereocenters. The molecular formula is C15H20N4O. The van der Waals surface area contributed by atoms with E-state index in [2.05, 4.69) is 27.8 Å². The van der Waals surface area contributed by atoms with Gasteiger partial charge in [0.1, 0.15) is 0 Å². The van der Waals surface area contributed by atoms with Crippen LogP contribution in [0.25, 0.3) is 10.9 Å². The molecule has 5 nitrogen and oxygen atoms in total. The van der Waals surface area contributed by atoms with Crippen molar-refractivity contribution in [3.8, 4) is 0 Å². The molecule has 0 bridgehead atoms. The fourth-order valence-electron chi connectivity index (χ4n) is 3.02. The second kappa shape index (κ2) is 5.25. The summed E-state index contributed by atoms with van der Waals surface area (Å²) in [6, 6.07) is 5.81. The van der Waals surface area contributed by atoms with Crippen molar-refractivity contribution in [1.82, 2.24) is 15.5 Å². The molecule has 20 heavy (non-hydrogen) atoms. The fourth-order valence-corrected chi connectivity index (χ4v) is 3.02. The predicted octanol–water partition coefficient (Wildman–Crippen LogP) is 2.42. The van der Waals surface area contributed by atoms with Crippen LogP contribution in [0, 0.1) is 0 Å². The van der Waals surface area contributed by atoms with Crippen LogP contribution >= 0.6 is 0 Å². The number of carbonyl (C=O) groups is 1. The quantitative estimate of drug-likeness (QED) is 0.800. The van der Waals surface area contributed by atoms with E-state index in [0.29, 0.717) is 0 Å². The number of aromatic nitrogens is 2. The molecule has 1 amide bonds. The molecule has 1 unspecified atom stereocenters. The van der Waals surface area contributed by atoms with Crippen LogP contribution < -0.4 is 10.6 Å². The lowest BCUT2D eigenvalue weighted by Crippen LogP contribution is -2.50. The largest absolute Gasteiger partial charge is 0.324 e. The lowest BCUT2D eigenvalue weighted by Gasteiger charge is -2.27. The minimum Gasteiger partial charge on any atom is -0.324 e. The summed E-state index contributed by atoms with van der Waals surface area (Å²) in [5.41, 5.74) is 1.36. The van der Waals surface area contributed by atoms with Crippen molar-refractivity contribution in [2.75, 3.05) is 11.9 Å². The third kappa shape index (κ3) is 2.29. The van der Waals surface area contributed by atoms with Gasteiger partial charge in [-0.05, 0) is 44.0 Å². The Morgan fingerprint density at radius 3 is 3.15 bits per heavy atom. The Labute approximate surface area is 118 Å². The van der Waals surface area contributed by atoms with E-state index in [9.17, 15) is 4.79 Å². The number of fused-ring (bicyclic) bond motifs is 1. The summed E-state index contributed by atoms with van der Waals surface area (Å²) < 4.78 is 0. The maximum atomic E-state index is 12.6. The molecule has 106 valence electrons. The van der Waals surface area contributed by atoms with Crippen molar-refractivity contribution < 1.29 is 4.79 Å². The van der Waals surface area contributed by atoms with Crippen molar-refractivity contribution in [3.05, 3.63) is 24.4 Å². The minimum atomic E-state index is -0.391. The number of hydrogen-bond donors (Lipinski definition) is 3. The van der Waals surface area contributed by atoms with Crippen LogP contribution in [0.2, 0.25) is 0 Å². The van der Waals surface area contributed by atoms with Gasteiger partial charge in [-0.25, -0.2) is 0 Å². The summed E-state index contributed by atoms with van der Waals surface area (Å²) in [5.74, 6) is 0.0794. The third-order valence-electron chi connectivity index (χ3n) is 4.05. The normalized spacial score (nSPS) is 22.2. The monoisotopic (exact) mass is 272 g/mol. The van der Waals surface area contributed by atoms with E-state index in [1.807, 2.05) is 18.2 Å². The van der Waals surface area contributed by atoms with Gasteiger partial charge in [-0.3, -0.25) is 9.89 Å². The summed E-state index contributed by atoms with van der Waals surface area (Å²) in [6.45, 7) is 3.04. The summed E-state index contributed by atoms with van der Waals surface area (Å²) in [7, 11) is 0. The second-order valence-corrected chi connectivity index (χ2v) is 5.49. The number of nitrogens with one attached hydrogen (secondary N) is 3. The van der Waals surface area contributed by atoms with Crippen molar-refractivity contribution >= 4 is 22.5 Å². The Hall–Kier alpha value is -1.88. The first-order valence-corrected chi connectivity index (χ1v) is 7.23. The average Bonchev–Trinajstić information content (AvgIpc) is 3.08. The number of amides is 1. The summed E-state index contributed by atoms with van der Waals surface area (Å²) >= 11 is 0. The molecule has 1 aliphatic rings. The SMILES string of the molecule is CCCC1(C(=O)Nc2ccc3cn[nH]c3c2)CCCN1. The Bertz CT molecular complexity index is 613. The number of benzene rings is 1. The summed E-state index contributed by atoms with van der Waals surface area (Å²) in [6.07, 6.45) is 5.63. The topological polar surface area (TPSA) is 69.8 Å². The molecule has 5 heteroatoms. The lowest BCUT2D eigenvalue weighted by molar-refractivity contribution is -0.122. The number of aromatic amines is 1. The molecule has 0 radical (unpaired) electrons. The van der Waals surface area contributed by atoms with Gasteiger partial charge in [0, 0.05) is 11.1 Å². The van der Waals surface area contributed by atoms with Crippen LogP contribution in [-0.2, 0) is 4.79 Å². The van der Waals surface area contributed by atoms with Crippen LogP contribution in [-0.4, -0.2) is 28.2 Å². The zero-order valence-electron chi connectivity index (χ0n) is 11.7. The van der Waals surface area contributed by atoms with Crippen LogP contribution in [0.5, 0.6) is 0 Å². The smallest absolute Gasteiger partial charge is 0.244 e. The van der Waals surface area contributed by atoms with Gasteiger partial charge in [-0.15, -0.1) is 0 Å². The molecule has 3 N–H and O–H groups in total. The van der Waals surface area contributed by atoms with Gasteiger partial charge in [-0.1, -0.05) is 13.3 Å². The Morgan fingerprint density at radius 2 is 2.40 bits per heavy atom. The van der Waals surface area contributed by atoms with Crippen LogP contribution in [0.4, 0.5) is 5.69 Å². The Morgan fingerprint density at radius 1 is 1.50 bits per heavy atom. The zero-order chi connectivity index (χ0) is 14.0. The maximum Gasteiger partial charge on any atom is 0.244 e. The molecule has 0 saturated carbocycles. The number of nitrogens with zero attached hydrogens (tertiary/aromatic N) is 1. The highest BCUT2D eigenvalue weighted by molar-refractivity contribution is 5.99. The molecule has 1 aromatic carbocycles. The van der Waals surface area contributed by atoms with Crippen molar-refractivity contribution in [1.29, 1.82) is 0 Å². The van der Waals surface area contributed by atoms with Crippen molar-refractivity contribution in [3.63, 3.8) is 0 Å². The van der Waals surface area contributed by atoms with E-state index in [1.165, 1.54) is 0 Å². The van der Waals surface area contributed by atoms with E-state index in [4.69, 9.17) is 0 Å². The van der Waals surface area contributed by atoms with E-state index in [-0.39, 0.29) is 5.91 Å². The van der Waals surface area contributed by atoms with E-state index in [1.54, 1.807) is 6.20 Å². The van der Waals surface area contributed by atoms with Crippen LogP contribution in [0.1, 0.15) is 32.6 Å². The number of rotatable bonds is 4. The van der Waals surface area contributed by atoms with Gasteiger partial charge in [0.2, 0.25) is 5.91 Å². The third-order valence-corrected chi connectivity index (χ3v) is 4.05. The van der Waals surface area contributed by atoms with Gasteiger partial charge < -0.3 is 10.6 Å². The lowest BCUT2D eigenvalue weighted by atomic mass is 9.91. The molecule has 1 saturated heterocycles. The van der Waals surface area contributed by atoms with E-state index >= 15 is 0 Å². The fraction of sp³-hybridized carbons (Fsp3) is 0.467. The first-order valence-electron chi connectivity index (χ1n) is 7.23. The van der Waals surface area contributed by atoms with Crippen molar-refractivity contribution in [2.24, 2.45) is 0 Å². The number of anilines is 1. The van der Waals surface area contributed by atoms with Crippen LogP contribution in [0.3, 0.4) is 0 Å². The van der Waals surface area contributed by atoms with Gasteiger partial charge in [0.15, 0.2) is 0 Å². The molecular weight excluding hydrogens is 252 g/mol. The predicted molar refractivity (Wildman–Crippen MR) is 79.6 cm³/mol. The van der Waals surface area contributed by atoms with Gasteiger partial charge in [-0.2, -0.15) is 5.10 Å². The first kappa shape index (κ1) is 13.1. The highest BCUT2D eigenvalue weighted by Gasteiger charge is 2.39. The van der Waals surface area contributed by atoms with E-state index in [0.717, 1.165) is 48.8 Å². The number of carbonyl (C=O) groups excluding carboxylic acids is 1. The standard InChI is InChI=1S/C15H20N4O/c1-2-6-15(7-3-8-16-15)14(20)18-12-5-4-11-10-17-19-13(11)9-12/h4-5,9-10,16H,2-3,6-8H2,1H3,(H,17,19)(H,18,20). The average molecular weight is 272 g/mol. The zero-order valence-corrected chi connectivity index (χ0v) is 11.7. The molecule has 1 aliphatic heterocycles. The van der Waals surface area contributed by atoms with Gasteiger partial charge in [0.25, 0.3) is 0 Å². The number of H-pyrrole nitrogens is 1. The van der Waals surface area contributed by atoms with E-state index < -0.39 is 5.54 Å². The van der Waals surface area contributed by atoms with Crippen LogP contribution in [0.15, 0.2) is 24.4 Å². The Kier molecular flexibility index (Phi) is 3.44. The minimum absolute atomic E-state index is 0.0794. The molecule has 3 rings (SSSR count). The molecule has 0 aliphatic carbocycles. The highest BCUT2D eigenvalue weighted by atomic mass is 16.2. The van der Waals surface area contributed by atoms with Gasteiger partial charge in [0.05, 0.1) is 17.3 Å². The number of hydrogen-bond acceptors (Lipinski definition) is 3. The van der Waals surface area contributed by atoms with Gasteiger partial charge >= 0.3 is 0 Å². The first-order chi connectivity index (χ1) is 9.73. The summed E-state index contributed by atoms with van der Waals surface area (Å²) in [5, 5.41) is 14.4.